The van der Waals surface area contributed by atoms with E-state index in [1.54, 1.807) is 23.9 Å². The molecule has 1 unspecified atom stereocenters. The van der Waals surface area contributed by atoms with E-state index in [2.05, 4.69) is 15.7 Å². The standard InChI is InChI=1S/C22H21Cl4N5O3/c1-31-20(16(25)8-29-31)13-7-18(34-21(13)26)22(33)30-17-9-28-11(6-19(27)32)5-12(17)10-2-3-14(23)15(24)4-10/h2-4,7-8,11-12,17,28H,5-6,9H2,1H3,(H2,27,32)(H,30,33)/t11?,12-,17+/m0/s1. The molecule has 2 aromatic heterocycles. The SMILES string of the molecule is Cn1ncc(Cl)c1-c1cc(C(=O)N[C@@H]2CNC(CC(N)=O)C[C@H]2c2ccc(Cl)c(Cl)c2)oc1Cl. The van der Waals surface area contributed by atoms with Crippen molar-refractivity contribution in [2.45, 2.75) is 30.8 Å². The van der Waals surface area contributed by atoms with E-state index in [1.807, 2.05) is 6.07 Å². The highest BCUT2D eigenvalue weighted by molar-refractivity contribution is 6.42. The molecule has 0 bridgehead atoms. The molecular formula is C22H21Cl4N5O3. The molecule has 180 valence electrons. The van der Waals surface area contributed by atoms with Crippen molar-refractivity contribution in [3.05, 3.63) is 62.1 Å². The zero-order chi connectivity index (χ0) is 24.6. The average Bonchev–Trinajstić information content (AvgIpc) is 3.31. The minimum Gasteiger partial charge on any atom is -0.439 e. The minimum atomic E-state index is -0.448. The van der Waals surface area contributed by atoms with Gasteiger partial charge in [-0.2, -0.15) is 5.10 Å². The number of rotatable bonds is 6. The molecule has 1 aliphatic rings. The average molecular weight is 545 g/mol. The number of nitrogens with two attached hydrogens (primary N) is 1. The van der Waals surface area contributed by atoms with Crippen molar-refractivity contribution in [3.63, 3.8) is 0 Å². The van der Waals surface area contributed by atoms with Crippen molar-refractivity contribution in [1.29, 1.82) is 0 Å². The van der Waals surface area contributed by atoms with Crippen LogP contribution >= 0.6 is 46.4 Å². The number of piperidine rings is 1. The van der Waals surface area contributed by atoms with Gasteiger partial charge in [-0.25, -0.2) is 0 Å². The van der Waals surface area contributed by atoms with E-state index in [9.17, 15) is 9.59 Å². The Morgan fingerprint density at radius 1 is 1.21 bits per heavy atom. The van der Waals surface area contributed by atoms with Gasteiger partial charge in [-0.1, -0.05) is 40.9 Å². The Morgan fingerprint density at radius 2 is 1.97 bits per heavy atom. The van der Waals surface area contributed by atoms with Crippen molar-refractivity contribution in [3.8, 4) is 11.3 Å². The maximum atomic E-state index is 13.1. The van der Waals surface area contributed by atoms with Crippen LogP contribution in [0.1, 0.15) is 34.9 Å². The normalized spacial score (nSPS) is 20.3. The lowest BCUT2D eigenvalue weighted by Crippen LogP contribution is -2.54. The number of hydrogen-bond acceptors (Lipinski definition) is 5. The van der Waals surface area contributed by atoms with Crippen molar-refractivity contribution < 1.29 is 14.0 Å². The molecule has 3 aromatic rings. The lowest BCUT2D eigenvalue weighted by atomic mass is 9.81. The first-order valence-electron chi connectivity index (χ1n) is 10.4. The van der Waals surface area contributed by atoms with E-state index in [-0.39, 0.29) is 35.4 Å². The molecule has 1 saturated heterocycles. The van der Waals surface area contributed by atoms with Gasteiger partial charge in [0, 0.05) is 44.1 Å². The van der Waals surface area contributed by atoms with Crippen molar-refractivity contribution in [1.82, 2.24) is 20.4 Å². The number of carbonyl (C=O) groups is 2. The second kappa shape index (κ2) is 10.2. The Kier molecular flexibility index (Phi) is 7.45. The molecule has 3 atom stereocenters. The summed E-state index contributed by atoms with van der Waals surface area (Å²) in [6, 6.07) is 6.40. The van der Waals surface area contributed by atoms with Gasteiger partial charge < -0.3 is 20.8 Å². The third kappa shape index (κ3) is 5.21. The summed E-state index contributed by atoms with van der Waals surface area (Å²) in [5.41, 5.74) is 7.28. The van der Waals surface area contributed by atoms with Crippen LogP contribution < -0.4 is 16.4 Å². The fraction of sp³-hybridized carbons (Fsp3) is 0.318. The number of benzene rings is 1. The lowest BCUT2D eigenvalue weighted by Gasteiger charge is -2.37. The predicted octanol–water partition coefficient (Wildman–Crippen LogP) is 4.41. The second-order valence-electron chi connectivity index (χ2n) is 8.13. The number of aromatic nitrogens is 2. The van der Waals surface area contributed by atoms with Crippen LogP contribution in [-0.2, 0) is 11.8 Å². The van der Waals surface area contributed by atoms with Gasteiger partial charge in [0.2, 0.25) is 11.1 Å². The summed E-state index contributed by atoms with van der Waals surface area (Å²) in [5, 5.41) is 11.6. The largest absolute Gasteiger partial charge is 0.439 e. The van der Waals surface area contributed by atoms with Gasteiger partial charge in [-0.15, -0.1) is 0 Å². The monoisotopic (exact) mass is 543 g/mol. The number of nitrogens with zero attached hydrogens (tertiary/aromatic N) is 2. The first kappa shape index (κ1) is 24.9. The van der Waals surface area contributed by atoms with Gasteiger partial charge >= 0.3 is 0 Å². The summed E-state index contributed by atoms with van der Waals surface area (Å²) in [6.07, 6.45) is 2.22. The summed E-state index contributed by atoms with van der Waals surface area (Å²) in [5.74, 6) is -0.971. The molecule has 34 heavy (non-hydrogen) atoms. The molecule has 4 rings (SSSR count). The molecule has 0 radical (unpaired) electrons. The van der Waals surface area contributed by atoms with Gasteiger partial charge in [0.25, 0.3) is 5.91 Å². The van der Waals surface area contributed by atoms with Crippen LogP contribution in [0, 0.1) is 0 Å². The molecule has 12 heteroatoms. The van der Waals surface area contributed by atoms with Crippen LogP contribution in [0.2, 0.25) is 20.3 Å². The van der Waals surface area contributed by atoms with Gasteiger partial charge in [0.1, 0.15) is 0 Å². The highest BCUT2D eigenvalue weighted by atomic mass is 35.5. The Labute approximate surface area is 215 Å². The molecule has 1 fully saturated rings. The highest BCUT2D eigenvalue weighted by Gasteiger charge is 2.34. The van der Waals surface area contributed by atoms with Gasteiger partial charge in [-0.05, 0) is 35.7 Å². The number of nitrogens with one attached hydrogen (secondary N) is 2. The number of hydrogen-bond donors (Lipinski definition) is 3. The summed E-state index contributed by atoms with van der Waals surface area (Å²) in [6.45, 7) is 0.406. The van der Waals surface area contributed by atoms with Crippen LogP contribution in [0.3, 0.4) is 0 Å². The Balaban J connectivity index is 1.58. The predicted molar refractivity (Wildman–Crippen MR) is 132 cm³/mol. The van der Waals surface area contributed by atoms with E-state index in [1.165, 1.54) is 12.3 Å². The summed E-state index contributed by atoms with van der Waals surface area (Å²) in [4.78, 5) is 24.6. The topological polar surface area (TPSA) is 115 Å². The Morgan fingerprint density at radius 3 is 2.62 bits per heavy atom. The molecule has 3 heterocycles. The second-order valence-corrected chi connectivity index (χ2v) is 9.70. The van der Waals surface area contributed by atoms with E-state index in [4.69, 9.17) is 56.6 Å². The molecule has 2 amide bonds. The smallest absolute Gasteiger partial charge is 0.287 e. The van der Waals surface area contributed by atoms with Crippen molar-refractivity contribution >= 4 is 58.2 Å². The van der Waals surface area contributed by atoms with Crippen LogP contribution in [0.25, 0.3) is 11.3 Å². The molecule has 0 aliphatic carbocycles. The lowest BCUT2D eigenvalue weighted by molar-refractivity contribution is -0.118. The Bertz CT molecular complexity index is 1220. The van der Waals surface area contributed by atoms with E-state index in [0.717, 1.165) is 5.56 Å². The van der Waals surface area contributed by atoms with Crippen molar-refractivity contribution in [2.75, 3.05) is 6.54 Å². The summed E-state index contributed by atoms with van der Waals surface area (Å²) >= 11 is 24.8. The maximum Gasteiger partial charge on any atom is 0.287 e. The minimum absolute atomic E-state index is 0.0278. The molecule has 0 saturated carbocycles. The van der Waals surface area contributed by atoms with Crippen molar-refractivity contribution in [2.24, 2.45) is 12.8 Å². The first-order chi connectivity index (χ1) is 16.1. The van der Waals surface area contributed by atoms with Crippen LogP contribution in [0.15, 0.2) is 34.9 Å². The van der Waals surface area contributed by atoms with Crippen LogP contribution in [0.4, 0.5) is 0 Å². The van der Waals surface area contributed by atoms with E-state index >= 15 is 0 Å². The summed E-state index contributed by atoms with van der Waals surface area (Å²) < 4.78 is 7.08. The fourth-order valence-electron chi connectivity index (χ4n) is 4.25. The number of carbonyl (C=O) groups excluding carboxylic acids is 2. The van der Waals surface area contributed by atoms with Gasteiger partial charge in [0.05, 0.1) is 32.5 Å². The number of aryl methyl sites for hydroxylation is 1. The number of primary amides is 1. The molecule has 8 nitrogen and oxygen atoms in total. The number of amides is 2. The van der Waals surface area contributed by atoms with Gasteiger partial charge in [-0.3, -0.25) is 14.3 Å². The highest BCUT2D eigenvalue weighted by Crippen LogP contribution is 2.36. The number of halogens is 4. The molecule has 1 aromatic carbocycles. The zero-order valence-corrected chi connectivity index (χ0v) is 21.0. The first-order valence-corrected chi connectivity index (χ1v) is 11.9. The summed E-state index contributed by atoms with van der Waals surface area (Å²) in [7, 11) is 1.71. The third-order valence-corrected chi connectivity index (χ3v) is 7.14. The van der Waals surface area contributed by atoms with Crippen LogP contribution in [-0.4, -0.2) is 40.2 Å². The molecule has 0 spiro atoms. The quantitative estimate of drug-likeness (QED) is 0.425. The zero-order valence-electron chi connectivity index (χ0n) is 17.9. The van der Waals surface area contributed by atoms with Crippen LogP contribution in [0.5, 0.6) is 0 Å². The Hall–Kier alpha value is -2.23. The van der Waals surface area contributed by atoms with Gasteiger partial charge in [0.15, 0.2) is 5.76 Å². The number of furan rings is 1. The molecule has 4 N–H and O–H groups in total. The van der Waals surface area contributed by atoms with E-state index < -0.39 is 11.8 Å². The molecular weight excluding hydrogens is 524 g/mol. The third-order valence-electron chi connectivity index (χ3n) is 5.85. The van der Waals surface area contributed by atoms with E-state index in [0.29, 0.717) is 39.3 Å². The molecule has 1 aliphatic heterocycles. The maximum absolute atomic E-state index is 13.1. The fourth-order valence-corrected chi connectivity index (χ4v) is 5.05.